The van der Waals surface area contributed by atoms with Gasteiger partial charge >= 0.3 is 0 Å². The molecule has 1 saturated carbocycles. The van der Waals surface area contributed by atoms with Crippen LogP contribution >= 0.6 is 0 Å². The number of ether oxygens (including phenoxy) is 2. The second-order valence-electron chi connectivity index (χ2n) is 7.23. The molecule has 3 heterocycles. The summed E-state index contributed by atoms with van der Waals surface area (Å²) in [5.41, 5.74) is 2.15. The molecule has 0 aromatic carbocycles. The summed E-state index contributed by atoms with van der Waals surface area (Å²) in [6.45, 7) is 3.94. The number of likely N-dealkylation sites (tertiary alicyclic amines) is 1. The van der Waals surface area contributed by atoms with Crippen LogP contribution in [-0.4, -0.2) is 51.5 Å². The maximum Gasteiger partial charge on any atom is 0.213 e. The fraction of sp³-hybridized carbons (Fsp3) is 0.579. The van der Waals surface area contributed by atoms with Crippen LogP contribution in [0, 0.1) is 6.92 Å². The van der Waals surface area contributed by atoms with E-state index in [1.54, 1.807) is 6.20 Å². The smallest absolute Gasteiger partial charge is 0.213 e. The maximum atomic E-state index is 6.14. The van der Waals surface area contributed by atoms with E-state index in [9.17, 15) is 0 Å². The Labute approximate surface area is 148 Å². The van der Waals surface area contributed by atoms with Crippen LogP contribution in [0.3, 0.4) is 0 Å². The van der Waals surface area contributed by atoms with E-state index >= 15 is 0 Å². The molecule has 0 radical (unpaired) electrons. The fourth-order valence-electron chi connectivity index (χ4n) is 4.40. The third-order valence-electron chi connectivity index (χ3n) is 5.70. The van der Waals surface area contributed by atoms with Gasteiger partial charge in [-0.25, -0.2) is 4.98 Å². The average Bonchev–Trinajstić information content (AvgIpc) is 3.21. The van der Waals surface area contributed by atoms with E-state index < -0.39 is 0 Å². The molecule has 1 N–H and O–H groups in total. The van der Waals surface area contributed by atoms with Gasteiger partial charge in [-0.05, 0) is 38.3 Å². The van der Waals surface area contributed by atoms with Gasteiger partial charge in [0.2, 0.25) is 5.88 Å². The van der Waals surface area contributed by atoms with Crippen molar-refractivity contribution in [2.75, 3.05) is 13.7 Å². The predicted octanol–water partition coefficient (Wildman–Crippen LogP) is 2.70. The minimum Gasteiger partial charge on any atom is -0.474 e. The van der Waals surface area contributed by atoms with E-state index in [1.807, 2.05) is 32.2 Å². The van der Waals surface area contributed by atoms with E-state index in [4.69, 9.17) is 9.47 Å². The first-order valence-corrected chi connectivity index (χ1v) is 9.06. The summed E-state index contributed by atoms with van der Waals surface area (Å²) >= 11 is 0. The summed E-state index contributed by atoms with van der Waals surface area (Å²) in [6.07, 6.45) is 6.05. The molecule has 2 fully saturated rings. The number of H-pyrrole nitrogens is 1. The molecule has 6 nitrogen and oxygen atoms in total. The van der Waals surface area contributed by atoms with Crippen molar-refractivity contribution < 1.29 is 9.47 Å². The lowest BCUT2D eigenvalue weighted by Crippen LogP contribution is -2.52. The standard InChI is InChI=1S/C19H26N4O2/c1-14-11-15(22-21-14)13-23-10-8-19(24-2)7-6-16(12-17(19)23)25-18-5-3-4-9-20-18/h3-5,9,11,16-17H,6-8,10,12-13H2,1-2H3,(H,21,22)/t16-,17-,19+/m0/s1. The third-order valence-corrected chi connectivity index (χ3v) is 5.70. The lowest BCUT2D eigenvalue weighted by molar-refractivity contribution is -0.0844. The van der Waals surface area contributed by atoms with Gasteiger partial charge in [-0.3, -0.25) is 10.00 Å². The van der Waals surface area contributed by atoms with E-state index in [1.165, 1.54) is 0 Å². The van der Waals surface area contributed by atoms with Crippen LogP contribution in [0.1, 0.15) is 37.1 Å². The molecule has 0 spiro atoms. The Bertz CT molecular complexity index is 704. The van der Waals surface area contributed by atoms with Crippen molar-refractivity contribution in [3.05, 3.63) is 41.9 Å². The topological polar surface area (TPSA) is 63.3 Å². The molecule has 25 heavy (non-hydrogen) atoms. The molecular weight excluding hydrogens is 316 g/mol. The lowest BCUT2D eigenvalue weighted by atomic mass is 9.79. The van der Waals surface area contributed by atoms with Gasteiger partial charge < -0.3 is 9.47 Å². The first-order valence-electron chi connectivity index (χ1n) is 9.06. The van der Waals surface area contributed by atoms with Gasteiger partial charge in [0, 0.05) is 50.6 Å². The van der Waals surface area contributed by atoms with Crippen molar-refractivity contribution in [2.45, 2.75) is 56.9 Å². The molecule has 2 aliphatic rings. The number of aromatic nitrogens is 3. The van der Waals surface area contributed by atoms with Gasteiger partial charge in [-0.2, -0.15) is 5.10 Å². The number of methoxy groups -OCH3 is 1. The molecular formula is C19H26N4O2. The number of aryl methyl sites for hydroxylation is 1. The Morgan fingerprint density at radius 2 is 2.28 bits per heavy atom. The van der Waals surface area contributed by atoms with Crippen molar-refractivity contribution in [1.29, 1.82) is 0 Å². The number of hydrogen-bond acceptors (Lipinski definition) is 5. The summed E-state index contributed by atoms with van der Waals surface area (Å²) in [5.74, 6) is 0.713. The number of rotatable bonds is 5. The molecule has 6 heteroatoms. The third kappa shape index (κ3) is 3.28. The molecule has 1 aliphatic heterocycles. The zero-order chi connectivity index (χ0) is 17.3. The number of pyridine rings is 1. The molecule has 3 atom stereocenters. The predicted molar refractivity (Wildman–Crippen MR) is 94.4 cm³/mol. The van der Waals surface area contributed by atoms with Crippen molar-refractivity contribution in [3.8, 4) is 5.88 Å². The van der Waals surface area contributed by atoms with Crippen molar-refractivity contribution >= 4 is 0 Å². The molecule has 2 aromatic rings. The highest BCUT2D eigenvalue weighted by Crippen LogP contribution is 2.43. The molecule has 1 saturated heterocycles. The van der Waals surface area contributed by atoms with Crippen LogP contribution in [0.2, 0.25) is 0 Å². The van der Waals surface area contributed by atoms with Crippen LogP contribution in [0.4, 0.5) is 0 Å². The van der Waals surface area contributed by atoms with Crippen molar-refractivity contribution in [1.82, 2.24) is 20.1 Å². The highest BCUT2D eigenvalue weighted by Gasteiger charge is 2.51. The zero-order valence-electron chi connectivity index (χ0n) is 14.9. The number of nitrogens with zero attached hydrogens (tertiary/aromatic N) is 3. The molecule has 2 aromatic heterocycles. The van der Waals surface area contributed by atoms with Crippen LogP contribution in [-0.2, 0) is 11.3 Å². The SMILES string of the molecule is CO[C@@]12CC[C@H](Oc3ccccn3)C[C@@H]1N(Cc1cc(C)[nH]n1)CC2. The normalized spacial score (nSPS) is 29.5. The number of nitrogens with one attached hydrogen (secondary N) is 1. The van der Waals surface area contributed by atoms with Crippen LogP contribution in [0.25, 0.3) is 0 Å². The highest BCUT2D eigenvalue weighted by molar-refractivity contribution is 5.13. The van der Waals surface area contributed by atoms with E-state index in [0.29, 0.717) is 11.9 Å². The van der Waals surface area contributed by atoms with E-state index in [2.05, 4.69) is 26.1 Å². The molecule has 1 aliphatic carbocycles. The highest BCUT2D eigenvalue weighted by atomic mass is 16.5. The minimum absolute atomic E-state index is 0.0463. The summed E-state index contributed by atoms with van der Waals surface area (Å²) in [7, 11) is 1.86. The van der Waals surface area contributed by atoms with Gasteiger partial charge in [-0.15, -0.1) is 0 Å². The Balaban J connectivity index is 1.48. The summed E-state index contributed by atoms with van der Waals surface area (Å²) in [6, 6.07) is 8.28. The Kier molecular flexibility index (Phi) is 4.48. The molecule has 0 amide bonds. The second-order valence-corrected chi connectivity index (χ2v) is 7.23. The summed E-state index contributed by atoms with van der Waals surface area (Å²) in [5, 5.41) is 7.44. The van der Waals surface area contributed by atoms with Crippen molar-refractivity contribution in [2.24, 2.45) is 0 Å². The van der Waals surface area contributed by atoms with Crippen LogP contribution in [0.15, 0.2) is 30.5 Å². The van der Waals surface area contributed by atoms with Gasteiger partial charge in [0.15, 0.2) is 0 Å². The number of fused-ring (bicyclic) bond motifs is 1. The fourth-order valence-corrected chi connectivity index (χ4v) is 4.40. The van der Waals surface area contributed by atoms with Gasteiger partial charge in [0.25, 0.3) is 0 Å². The summed E-state index contributed by atoms with van der Waals surface area (Å²) < 4.78 is 12.2. The molecule has 134 valence electrons. The van der Waals surface area contributed by atoms with E-state index in [0.717, 1.165) is 50.2 Å². The molecule has 4 rings (SSSR count). The van der Waals surface area contributed by atoms with E-state index in [-0.39, 0.29) is 11.7 Å². The van der Waals surface area contributed by atoms with Crippen LogP contribution in [0.5, 0.6) is 5.88 Å². The number of hydrogen-bond donors (Lipinski definition) is 1. The Morgan fingerprint density at radius 1 is 1.36 bits per heavy atom. The first-order chi connectivity index (χ1) is 12.2. The Morgan fingerprint density at radius 3 is 3.00 bits per heavy atom. The second kappa shape index (κ2) is 6.77. The van der Waals surface area contributed by atoms with Gasteiger partial charge in [0.05, 0.1) is 11.3 Å². The van der Waals surface area contributed by atoms with Gasteiger partial charge in [-0.1, -0.05) is 6.07 Å². The minimum atomic E-state index is -0.0463. The van der Waals surface area contributed by atoms with Crippen molar-refractivity contribution in [3.63, 3.8) is 0 Å². The van der Waals surface area contributed by atoms with Gasteiger partial charge in [0.1, 0.15) is 6.10 Å². The summed E-state index contributed by atoms with van der Waals surface area (Å²) in [4.78, 5) is 6.81. The molecule has 0 bridgehead atoms. The molecule has 0 unspecified atom stereocenters. The monoisotopic (exact) mass is 342 g/mol. The quantitative estimate of drug-likeness (QED) is 0.905. The first kappa shape index (κ1) is 16.5. The Hall–Kier alpha value is -1.92. The zero-order valence-corrected chi connectivity index (χ0v) is 14.9. The van der Waals surface area contributed by atoms with Crippen LogP contribution < -0.4 is 4.74 Å². The largest absolute Gasteiger partial charge is 0.474 e. The number of aromatic amines is 1. The maximum absolute atomic E-state index is 6.14. The average molecular weight is 342 g/mol. The lowest BCUT2D eigenvalue weighted by Gasteiger charge is -2.43.